The minimum atomic E-state index is 0.540. The van der Waals surface area contributed by atoms with Crippen LogP contribution in [0.2, 0.25) is 0 Å². The van der Waals surface area contributed by atoms with Crippen LogP contribution in [0.25, 0.3) is 0 Å². The first-order chi connectivity index (χ1) is 7.72. The van der Waals surface area contributed by atoms with Gasteiger partial charge in [0.2, 0.25) is 0 Å². The summed E-state index contributed by atoms with van der Waals surface area (Å²) in [5, 5.41) is 7.25. The molecule has 4 N–H and O–H groups in total. The van der Waals surface area contributed by atoms with Gasteiger partial charge in [-0.05, 0) is 18.2 Å². The number of hydrogen-bond donors (Lipinski definition) is 3. The van der Waals surface area contributed by atoms with Crippen LogP contribution < -0.4 is 16.4 Å². The highest BCUT2D eigenvalue weighted by Crippen LogP contribution is 2.14. The molecule has 0 aliphatic carbocycles. The Morgan fingerprint density at radius 3 is 3.06 bits per heavy atom. The Balaban J connectivity index is 2.37. The zero-order valence-electron chi connectivity index (χ0n) is 9.23. The van der Waals surface area contributed by atoms with Crippen molar-refractivity contribution >= 4 is 17.4 Å². The van der Waals surface area contributed by atoms with Crippen LogP contribution in [0.4, 0.5) is 5.69 Å². The second kappa shape index (κ2) is 6.79. The molecule has 1 heterocycles. The molecule has 1 aromatic rings. The predicted molar refractivity (Wildman–Crippen MR) is 70.8 cm³/mol. The first-order valence-electron chi connectivity index (χ1n) is 4.83. The molecule has 0 fully saturated rings. The van der Waals surface area contributed by atoms with Crippen LogP contribution in [0.15, 0.2) is 47.9 Å². The summed E-state index contributed by atoms with van der Waals surface area (Å²) in [6.45, 7) is 3.63. The molecule has 86 valence electrons. The van der Waals surface area contributed by atoms with Crippen molar-refractivity contribution in [2.45, 2.75) is 0 Å². The number of allylic oxidation sites excluding steroid dienone is 1. The summed E-state index contributed by atoms with van der Waals surface area (Å²) in [6, 6.07) is 3.86. The Labute approximate surface area is 100 Å². The van der Waals surface area contributed by atoms with Gasteiger partial charge in [0.1, 0.15) is 0 Å². The largest absolute Gasteiger partial charge is 0.399 e. The van der Waals surface area contributed by atoms with Crippen molar-refractivity contribution in [2.75, 3.05) is 18.2 Å². The fourth-order valence-corrected chi connectivity index (χ4v) is 1.79. The zero-order chi connectivity index (χ0) is 11.8. The maximum atomic E-state index is 5.50. The van der Waals surface area contributed by atoms with E-state index in [0.717, 1.165) is 16.6 Å². The van der Waals surface area contributed by atoms with E-state index in [1.807, 2.05) is 19.2 Å². The lowest BCUT2D eigenvalue weighted by Gasteiger charge is -2.08. The second-order valence-corrected chi connectivity index (χ2v) is 4.06. The van der Waals surface area contributed by atoms with E-state index >= 15 is 0 Å². The summed E-state index contributed by atoms with van der Waals surface area (Å²) in [4.78, 5) is 4.01. The standard InChI is InChI=1S/C11H16N4S/c1-9(12)6-11(13-2)16-8-15-10-4-3-5-14-7-10/h3-7,13,15H,1,8,12H2,2H3/b11-6+. The van der Waals surface area contributed by atoms with Gasteiger partial charge in [-0.2, -0.15) is 0 Å². The predicted octanol–water partition coefficient (Wildman–Crippen LogP) is 1.72. The highest BCUT2D eigenvalue weighted by molar-refractivity contribution is 8.03. The lowest BCUT2D eigenvalue weighted by atomic mass is 10.4. The molecule has 5 heteroatoms. The number of nitrogens with two attached hydrogens (primary N) is 1. The summed E-state index contributed by atoms with van der Waals surface area (Å²) in [7, 11) is 1.85. The van der Waals surface area contributed by atoms with Crippen LogP contribution in [-0.4, -0.2) is 17.9 Å². The average Bonchev–Trinajstić information content (AvgIpc) is 2.28. The molecule has 4 nitrogen and oxygen atoms in total. The highest BCUT2D eigenvalue weighted by atomic mass is 32.2. The smallest absolute Gasteiger partial charge is 0.0716 e. The summed E-state index contributed by atoms with van der Waals surface area (Å²) < 4.78 is 0. The van der Waals surface area contributed by atoms with Crippen molar-refractivity contribution in [1.82, 2.24) is 10.3 Å². The maximum absolute atomic E-state index is 5.50. The van der Waals surface area contributed by atoms with E-state index < -0.39 is 0 Å². The number of hydrogen-bond acceptors (Lipinski definition) is 5. The summed E-state index contributed by atoms with van der Waals surface area (Å²) in [5.41, 5.74) is 7.03. The molecule has 16 heavy (non-hydrogen) atoms. The van der Waals surface area contributed by atoms with Gasteiger partial charge in [-0.25, -0.2) is 0 Å². The number of thioether (sulfide) groups is 1. The molecule has 0 amide bonds. The van der Waals surface area contributed by atoms with E-state index in [1.165, 1.54) is 0 Å². The highest BCUT2D eigenvalue weighted by Gasteiger charge is 1.95. The maximum Gasteiger partial charge on any atom is 0.0716 e. The number of pyridine rings is 1. The van der Waals surface area contributed by atoms with Crippen molar-refractivity contribution in [3.63, 3.8) is 0 Å². The van der Waals surface area contributed by atoms with Crippen molar-refractivity contribution in [1.29, 1.82) is 0 Å². The molecule has 0 aliphatic rings. The molecule has 0 unspecified atom stereocenters. The summed E-state index contributed by atoms with van der Waals surface area (Å²) >= 11 is 1.61. The fourth-order valence-electron chi connectivity index (χ4n) is 1.02. The van der Waals surface area contributed by atoms with E-state index in [1.54, 1.807) is 30.2 Å². The van der Waals surface area contributed by atoms with Gasteiger partial charge >= 0.3 is 0 Å². The van der Waals surface area contributed by atoms with Gasteiger partial charge < -0.3 is 16.4 Å². The van der Waals surface area contributed by atoms with Crippen molar-refractivity contribution < 1.29 is 0 Å². The van der Waals surface area contributed by atoms with Gasteiger partial charge in [0.15, 0.2) is 0 Å². The molecule has 0 saturated carbocycles. The molecule has 1 aromatic heterocycles. The number of aromatic nitrogens is 1. The minimum Gasteiger partial charge on any atom is -0.399 e. The van der Waals surface area contributed by atoms with Gasteiger partial charge in [0.25, 0.3) is 0 Å². The molecule has 0 spiro atoms. The SMILES string of the molecule is C=C(N)/C=C(\NC)SCNc1cccnc1. The Morgan fingerprint density at radius 1 is 1.69 bits per heavy atom. The molecular weight excluding hydrogens is 220 g/mol. The Bertz CT molecular complexity index is 362. The number of rotatable bonds is 6. The molecular formula is C11H16N4S. The van der Waals surface area contributed by atoms with E-state index in [4.69, 9.17) is 5.73 Å². The zero-order valence-corrected chi connectivity index (χ0v) is 10.1. The lowest BCUT2D eigenvalue weighted by Crippen LogP contribution is -2.07. The Hall–Kier alpha value is -1.62. The van der Waals surface area contributed by atoms with Gasteiger partial charge in [0.05, 0.1) is 16.6 Å². The van der Waals surface area contributed by atoms with Crippen LogP contribution in [0.1, 0.15) is 0 Å². The molecule has 0 aromatic carbocycles. The molecule has 1 rings (SSSR count). The van der Waals surface area contributed by atoms with Crippen molar-refractivity contribution in [3.8, 4) is 0 Å². The third-order valence-corrected chi connectivity index (χ3v) is 2.65. The van der Waals surface area contributed by atoms with Crippen LogP contribution in [-0.2, 0) is 0 Å². The van der Waals surface area contributed by atoms with E-state index in [2.05, 4.69) is 22.2 Å². The van der Waals surface area contributed by atoms with E-state index in [0.29, 0.717) is 5.70 Å². The van der Waals surface area contributed by atoms with Gasteiger partial charge in [-0.15, -0.1) is 0 Å². The molecule has 0 aliphatic heterocycles. The number of nitrogens with one attached hydrogen (secondary N) is 2. The first-order valence-corrected chi connectivity index (χ1v) is 5.81. The quantitative estimate of drug-likeness (QED) is 0.518. The third-order valence-electron chi connectivity index (χ3n) is 1.73. The summed E-state index contributed by atoms with van der Waals surface area (Å²) in [6.07, 6.45) is 5.33. The summed E-state index contributed by atoms with van der Waals surface area (Å²) in [5.74, 6) is 0.742. The Morgan fingerprint density at radius 2 is 2.50 bits per heavy atom. The fraction of sp³-hybridized carbons (Fsp3) is 0.182. The van der Waals surface area contributed by atoms with Gasteiger partial charge in [0, 0.05) is 25.1 Å². The number of anilines is 1. The van der Waals surface area contributed by atoms with Crippen LogP contribution in [0.5, 0.6) is 0 Å². The van der Waals surface area contributed by atoms with Crippen LogP contribution in [0, 0.1) is 0 Å². The van der Waals surface area contributed by atoms with Gasteiger partial charge in [-0.3, -0.25) is 4.98 Å². The average molecular weight is 236 g/mol. The van der Waals surface area contributed by atoms with E-state index in [9.17, 15) is 0 Å². The molecule has 0 atom stereocenters. The second-order valence-electron chi connectivity index (χ2n) is 3.04. The number of nitrogens with zero attached hydrogens (tertiary/aromatic N) is 1. The monoisotopic (exact) mass is 236 g/mol. The lowest BCUT2D eigenvalue weighted by molar-refractivity contribution is 1.07. The van der Waals surface area contributed by atoms with Crippen LogP contribution >= 0.6 is 11.8 Å². The third kappa shape index (κ3) is 4.75. The molecule has 0 bridgehead atoms. The van der Waals surface area contributed by atoms with Crippen molar-refractivity contribution in [2.24, 2.45) is 5.73 Å². The topological polar surface area (TPSA) is 63.0 Å². The van der Waals surface area contributed by atoms with Gasteiger partial charge in [-0.1, -0.05) is 18.3 Å². The molecule has 0 radical (unpaired) electrons. The Kier molecular flexibility index (Phi) is 5.28. The first kappa shape index (κ1) is 12.4. The normalized spacial score (nSPS) is 10.9. The van der Waals surface area contributed by atoms with Crippen molar-refractivity contribution in [3.05, 3.63) is 47.9 Å². The molecule has 0 saturated heterocycles. The minimum absolute atomic E-state index is 0.540. The van der Waals surface area contributed by atoms with Crippen LogP contribution in [0.3, 0.4) is 0 Å². The van der Waals surface area contributed by atoms with E-state index in [-0.39, 0.29) is 0 Å².